The number of rotatable bonds is 5. The summed E-state index contributed by atoms with van der Waals surface area (Å²) in [4.78, 5) is 28.2. The van der Waals surface area contributed by atoms with Gasteiger partial charge in [0.15, 0.2) is 0 Å². The molecule has 98 valence electrons. The fraction of sp³-hybridized carbons (Fsp3) is 0.455. The van der Waals surface area contributed by atoms with E-state index in [1.54, 1.807) is 6.07 Å². The molecule has 2 aromatic heterocycles. The Bertz CT molecular complexity index is 656. The van der Waals surface area contributed by atoms with Gasteiger partial charge in [-0.2, -0.15) is 0 Å². The van der Waals surface area contributed by atoms with Crippen LogP contribution in [0, 0.1) is 6.92 Å². The van der Waals surface area contributed by atoms with E-state index in [1.165, 1.54) is 11.3 Å². The number of aryl methyl sites for hydroxylation is 1. The van der Waals surface area contributed by atoms with Crippen LogP contribution in [0.1, 0.15) is 4.88 Å². The molecular formula is C11H15N3O3S. The Kier molecular flexibility index (Phi) is 3.95. The van der Waals surface area contributed by atoms with E-state index in [9.17, 15) is 9.59 Å². The molecule has 0 spiro atoms. The maximum atomic E-state index is 12.1. The maximum Gasteiger partial charge on any atom is 0.329 e. The van der Waals surface area contributed by atoms with Crippen molar-refractivity contribution in [2.45, 2.75) is 13.5 Å². The van der Waals surface area contributed by atoms with Crippen LogP contribution in [0.4, 0.5) is 0 Å². The SMILES string of the molecule is Cc1cc2c(=O)n(CCOCCN)c(=O)[nH]c2s1. The van der Waals surface area contributed by atoms with E-state index in [-0.39, 0.29) is 12.1 Å². The Morgan fingerprint density at radius 2 is 2.22 bits per heavy atom. The van der Waals surface area contributed by atoms with Crippen molar-refractivity contribution in [2.75, 3.05) is 19.8 Å². The van der Waals surface area contributed by atoms with Crippen molar-refractivity contribution in [3.05, 3.63) is 31.8 Å². The van der Waals surface area contributed by atoms with Gasteiger partial charge in [0.25, 0.3) is 5.56 Å². The molecule has 0 atom stereocenters. The van der Waals surface area contributed by atoms with E-state index in [0.29, 0.717) is 30.0 Å². The average Bonchev–Trinajstić information content (AvgIpc) is 2.69. The highest BCUT2D eigenvalue weighted by atomic mass is 32.1. The van der Waals surface area contributed by atoms with Crippen molar-refractivity contribution in [3.8, 4) is 0 Å². The number of aromatic amines is 1. The molecule has 0 saturated carbocycles. The van der Waals surface area contributed by atoms with Crippen LogP contribution in [-0.2, 0) is 11.3 Å². The first-order valence-corrected chi connectivity index (χ1v) is 6.46. The molecule has 2 aromatic rings. The van der Waals surface area contributed by atoms with E-state index < -0.39 is 5.69 Å². The molecule has 0 fully saturated rings. The molecular weight excluding hydrogens is 254 g/mol. The third kappa shape index (κ3) is 2.53. The molecule has 0 aliphatic rings. The second-order valence-corrected chi connectivity index (χ2v) is 5.14. The summed E-state index contributed by atoms with van der Waals surface area (Å²) in [6.07, 6.45) is 0. The summed E-state index contributed by atoms with van der Waals surface area (Å²) in [6.45, 7) is 3.28. The van der Waals surface area contributed by atoms with Crippen LogP contribution in [0.25, 0.3) is 10.2 Å². The molecule has 0 saturated heterocycles. The smallest absolute Gasteiger partial charge is 0.329 e. The normalized spacial score (nSPS) is 11.2. The lowest BCUT2D eigenvalue weighted by Gasteiger charge is -2.05. The number of nitrogens with two attached hydrogens (primary N) is 1. The van der Waals surface area contributed by atoms with Gasteiger partial charge in [-0.25, -0.2) is 4.79 Å². The van der Waals surface area contributed by atoms with E-state index >= 15 is 0 Å². The van der Waals surface area contributed by atoms with E-state index in [0.717, 1.165) is 9.44 Å². The Hall–Kier alpha value is -1.44. The van der Waals surface area contributed by atoms with Gasteiger partial charge in [0.1, 0.15) is 4.83 Å². The molecule has 0 amide bonds. The van der Waals surface area contributed by atoms with E-state index in [4.69, 9.17) is 10.5 Å². The van der Waals surface area contributed by atoms with Gasteiger partial charge in [-0.3, -0.25) is 14.3 Å². The van der Waals surface area contributed by atoms with Gasteiger partial charge in [0.2, 0.25) is 0 Å². The first kappa shape index (κ1) is 13.0. The number of hydrogen-bond acceptors (Lipinski definition) is 5. The summed E-state index contributed by atoms with van der Waals surface area (Å²) in [5.41, 5.74) is 4.62. The van der Waals surface area contributed by atoms with Gasteiger partial charge >= 0.3 is 5.69 Å². The monoisotopic (exact) mass is 269 g/mol. The van der Waals surface area contributed by atoms with E-state index in [2.05, 4.69) is 4.98 Å². The highest BCUT2D eigenvalue weighted by Crippen LogP contribution is 2.18. The first-order chi connectivity index (χ1) is 8.63. The Morgan fingerprint density at radius 1 is 1.44 bits per heavy atom. The third-order valence-electron chi connectivity index (χ3n) is 2.52. The number of H-pyrrole nitrogens is 1. The van der Waals surface area contributed by atoms with Gasteiger partial charge in [-0.05, 0) is 13.0 Å². The lowest BCUT2D eigenvalue weighted by molar-refractivity contribution is 0.132. The van der Waals surface area contributed by atoms with Crippen molar-refractivity contribution >= 4 is 21.6 Å². The maximum absolute atomic E-state index is 12.1. The quantitative estimate of drug-likeness (QED) is 0.750. The van der Waals surface area contributed by atoms with Crippen LogP contribution in [0.15, 0.2) is 15.7 Å². The molecule has 0 aliphatic heterocycles. The fourth-order valence-electron chi connectivity index (χ4n) is 1.71. The van der Waals surface area contributed by atoms with Crippen LogP contribution in [-0.4, -0.2) is 29.3 Å². The molecule has 6 nitrogen and oxygen atoms in total. The number of fused-ring (bicyclic) bond motifs is 1. The lowest BCUT2D eigenvalue weighted by atomic mass is 10.3. The highest BCUT2D eigenvalue weighted by Gasteiger charge is 2.09. The molecule has 0 aromatic carbocycles. The molecule has 0 radical (unpaired) electrons. The predicted molar refractivity (Wildman–Crippen MR) is 71.3 cm³/mol. The molecule has 2 heterocycles. The van der Waals surface area contributed by atoms with Gasteiger partial charge in [-0.1, -0.05) is 0 Å². The van der Waals surface area contributed by atoms with Gasteiger partial charge in [-0.15, -0.1) is 11.3 Å². The number of ether oxygens (including phenoxy) is 1. The minimum absolute atomic E-state index is 0.235. The topological polar surface area (TPSA) is 90.1 Å². The lowest BCUT2D eigenvalue weighted by Crippen LogP contribution is -2.36. The third-order valence-corrected chi connectivity index (χ3v) is 3.48. The molecule has 2 rings (SSSR count). The number of nitrogens with one attached hydrogen (secondary N) is 1. The van der Waals surface area contributed by atoms with Crippen LogP contribution in [0.2, 0.25) is 0 Å². The summed E-state index contributed by atoms with van der Waals surface area (Å²) < 4.78 is 6.34. The number of thiophene rings is 1. The van der Waals surface area contributed by atoms with Crippen LogP contribution >= 0.6 is 11.3 Å². The van der Waals surface area contributed by atoms with Gasteiger partial charge in [0.05, 0.1) is 25.1 Å². The van der Waals surface area contributed by atoms with Crippen molar-refractivity contribution in [3.63, 3.8) is 0 Å². The Morgan fingerprint density at radius 3 is 2.94 bits per heavy atom. The molecule has 7 heteroatoms. The van der Waals surface area contributed by atoms with E-state index in [1.807, 2.05) is 6.92 Å². The molecule has 0 bridgehead atoms. The van der Waals surface area contributed by atoms with Crippen molar-refractivity contribution in [1.29, 1.82) is 0 Å². The first-order valence-electron chi connectivity index (χ1n) is 5.64. The zero-order valence-electron chi connectivity index (χ0n) is 10.1. The van der Waals surface area contributed by atoms with Crippen molar-refractivity contribution in [1.82, 2.24) is 9.55 Å². The standard InChI is InChI=1S/C11H15N3O3S/c1-7-6-8-9(18-7)13-11(16)14(10(8)15)3-5-17-4-2-12/h6H,2-5,12H2,1H3,(H,13,16). The average molecular weight is 269 g/mol. The zero-order chi connectivity index (χ0) is 13.1. The second-order valence-electron chi connectivity index (χ2n) is 3.89. The minimum Gasteiger partial charge on any atom is -0.378 e. The van der Waals surface area contributed by atoms with Gasteiger partial charge in [0, 0.05) is 11.4 Å². The van der Waals surface area contributed by atoms with Crippen LogP contribution in [0.3, 0.4) is 0 Å². The fourth-order valence-corrected chi connectivity index (χ4v) is 2.61. The second kappa shape index (κ2) is 5.47. The number of hydrogen-bond donors (Lipinski definition) is 2. The largest absolute Gasteiger partial charge is 0.378 e. The Labute approximate surface area is 107 Å². The highest BCUT2D eigenvalue weighted by molar-refractivity contribution is 7.18. The van der Waals surface area contributed by atoms with Crippen molar-refractivity contribution < 1.29 is 4.74 Å². The summed E-state index contributed by atoms with van der Waals surface area (Å²) in [7, 11) is 0. The molecule has 0 unspecified atom stereocenters. The summed E-state index contributed by atoms with van der Waals surface area (Å²) in [5.74, 6) is 0. The van der Waals surface area contributed by atoms with Crippen molar-refractivity contribution in [2.24, 2.45) is 5.73 Å². The van der Waals surface area contributed by atoms with Crippen LogP contribution < -0.4 is 17.0 Å². The Balaban J connectivity index is 2.32. The number of nitrogens with zero attached hydrogens (tertiary/aromatic N) is 1. The van der Waals surface area contributed by atoms with Crippen LogP contribution in [0.5, 0.6) is 0 Å². The molecule has 0 aliphatic carbocycles. The predicted octanol–water partition coefficient (Wildman–Crippen LogP) is 0.0350. The summed E-state index contributed by atoms with van der Waals surface area (Å²) >= 11 is 1.40. The van der Waals surface area contributed by atoms with Gasteiger partial charge < -0.3 is 10.5 Å². The molecule has 18 heavy (non-hydrogen) atoms. The number of aromatic nitrogens is 2. The molecule has 3 N–H and O–H groups in total. The summed E-state index contributed by atoms with van der Waals surface area (Å²) in [5, 5.41) is 0.552. The summed E-state index contributed by atoms with van der Waals surface area (Å²) in [6, 6.07) is 1.79. The zero-order valence-corrected chi connectivity index (χ0v) is 10.9. The minimum atomic E-state index is -0.398.